The smallest absolute Gasteiger partial charge is 0.258 e. The van der Waals surface area contributed by atoms with Gasteiger partial charge in [-0.05, 0) is 37.4 Å². The van der Waals surface area contributed by atoms with E-state index in [9.17, 15) is 9.90 Å². The Morgan fingerprint density at radius 2 is 2.11 bits per heavy atom. The fraction of sp³-hybridized carbons (Fsp3) is 0.462. The third-order valence-electron chi connectivity index (χ3n) is 2.37. The van der Waals surface area contributed by atoms with E-state index in [2.05, 4.69) is 5.32 Å². The maximum atomic E-state index is 11.6. The summed E-state index contributed by atoms with van der Waals surface area (Å²) in [6.45, 7) is 1.81. The minimum atomic E-state index is -0.906. The van der Waals surface area contributed by atoms with Crippen LogP contribution in [0.1, 0.15) is 6.92 Å². The van der Waals surface area contributed by atoms with Crippen LogP contribution >= 0.6 is 11.8 Å². The zero-order chi connectivity index (χ0) is 14.3. The monoisotopic (exact) mass is 284 g/mol. The summed E-state index contributed by atoms with van der Waals surface area (Å²) >= 11 is 1.53. The van der Waals surface area contributed by atoms with Gasteiger partial charge in [-0.25, -0.2) is 0 Å². The van der Waals surface area contributed by atoms with Crippen molar-refractivity contribution in [2.45, 2.75) is 12.5 Å². The summed E-state index contributed by atoms with van der Waals surface area (Å²) in [5, 5.41) is 12.5. The number of nitrogens with one attached hydrogen (secondary N) is 1. The summed E-state index contributed by atoms with van der Waals surface area (Å²) in [6.07, 6.45) is 1.90. The van der Waals surface area contributed by atoms with Crippen LogP contribution in [0.15, 0.2) is 24.3 Å². The highest BCUT2D eigenvalue weighted by atomic mass is 32.2. The quantitative estimate of drug-likeness (QED) is 0.647. The fourth-order valence-corrected chi connectivity index (χ4v) is 2.14. The van der Waals surface area contributed by atoms with E-state index in [0.29, 0.717) is 17.2 Å². The van der Waals surface area contributed by atoms with Gasteiger partial charge in [0.2, 0.25) is 0 Å². The molecule has 0 fully saturated rings. The highest BCUT2D eigenvalue weighted by molar-refractivity contribution is 7.98. The van der Waals surface area contributed by atoms with E-state index in [1.54, 1.807) is 31.2 Å². The Morgan fingerprint density at radius 1 is 1.47 bits per heavy atom. The van der Waals surface area contributed by atoms with Crippen LogP contribution in [0, 0.1) is 0 Å². The maximum Gasteiger partial charge on any atom is 0.258 e. The molecule has 0 spiro atoms. The van der Waals surface area contributed by atoms with Crippen molar-refractivity contribution in [3.05, 3.63) is 24.3 Å². The number of rotatable bonds is 7. The minimum absolute atomic E-state index is 0.0841. The number of amides is 1. The van der Waals surface area contributed by atoms with E-state index < -0.39 is 5.60 Å². The second kappa shape index (κ2) is 7.25. The van der Waals surface area contributed by atoms with Gasteiger partial charge >= 0.3 is 0 Å². The van der Waals surface area contributed by atoms with Crippen molar-refractivity contribution in [3.63, 3.8) is 0 Å². The van der Waals surface area contributed by atoms with E-state index in [0.717, 1.165) is 0 Å². The van der Waals surface area contributed by atoms with Gasteiger partial charge in [0.25, 0.3) is 5.91 Å². The molecule has 0 saturated carbocycles. The van der Waals surface area contributed by atoms with Crippen LogP contribution in [0.5, 0.6) is 5.75 Å². The first-order chi connectivity index (χ1) is 8.93. The number of thioether (sulfide) groups is 1. The Bertz CT molecular complexity index is 407. The van der Waals surface area contributed by atoms with E-state index in [1.165, 1.54) is 11.8 Å². The molecule has 1 rings (SSSR count). The zero-order valence-corrected chi connectivity index (χ0v) is 12.0. The van der Waals surface area contributed by atoms with Crippen LogP contribution in [-0.2, 0) is 4.79 Å². The minimum Gasteiger partial charge on any atom is -0.484 e. The third-order valence-corrected chi connectivity index (χ3v) is 3.28. The van der Waals surface area contributed by atoms with Crippen LogP contribution in [0.4, 0.5) is 5.69 Å². The molecule has 0 radical (unpaired) electrons. The van der Waals surface area contributed by atoms with Crippen molar-refractivity contribution in [3.8, 4) is 5.75 Å². The Morgan fingerprint density at radius 3 is 2.68 bits per heavy atom. The van der Waals surface area contributed by atoms with Crippen molar-refractivity contribution in [2.75, 3.05) is 30.9 Å². The third kappa shape index (κ3) is 6.35. The number of carbonyl (C=O) groups is 1. The van der Waals surface area contributed by atoms with Crippen LogP contribution in [0.25, 0.3) is 0 Å². The maximum absolute atomic E-state index is 11.6. The van der Waals surface area contributed by atoms with Gasteiger partial charge in [-0.3, -0.25) is 4.79 Å². The first-order valence-corrected chi connectivity index (χ1v) is 7.29. The van der Waals surface area contributed by atoms with Gasteiger partial charge in [0.05, 0.1) is 5.60 Å². The molecular formula is C13H20N2O3S. The summed E-state index contributed by atoms with van der Waals surface area (Å²) in [7, 11) is 0. The SMILES string of the molecule is CSCC(C)(O)CNC(=O)COc1ccc(N)cc1. The number of benzene rings is 1. The molecule has 19 heavy (non-hydrogen) atoms. The van der Waals surface area contributed by atoms with Crippen molar-refractivity contribution in [1.29, 1.82) is 0 Å². The summed E-state index contributed by atoms with van der Waals surface area (Å²) in [5.74, 6) is 0.880. The summed E-state index contributed by atoms with van der Waals surface area (Å²) in [4.78, 5) is 11.6. The molecule has 0 bridgehead atoms. The average Bonchev–Trinajstić information content (AvgIpc) is 2.36. The molecule has 0 aliphatic carbocycles. The normalized spacial score (nSPS) is 13.6. The molecule has 1 amide bonds. The van der Waals surface area contributed by atoms with Crippen LogP contribution in [0.3, 0.4) is 0 Å². The standard InChI is InChI=1S/C13H20N2O3S/c1-13(17,9-19-2)8-15-12(16)7-18-11-5-3-10(14)4-6-11/h3-6,17H,7-9,14H2,1-2H3,(H,15,16). The largest absolute Gasteiger partial charge is 0.484 e. The summed E-state index contributed by atoms with van der Waals surface area (Å²) in [5.41, 5.74) is 5.28. The molecule has 1 atom stereocenters. The number of carbonyl (C=O) groups excluding carboxylic acids is 1. The van der Waals surface area contributed by atoms with Crippen molar-refractivity contribution >= 4 is 23.4 Å². The van der Waals surface area contributed by atoms with Crippen molar-refractivity contribution in [1.82, 2.24) is 5.32 Å². The molecule has 0 saturated heterocycles. The average molecular weight is 284 g/mol. The first-order valence-electron chi connectivity index (χ1n) is 5.89. The summed E-state index contributed by atoms with van der Waals surface area (Å²) in [6, 6.07) is 6.81. The first kappa shape index (κ1) is 15.7. The van der Waals surface area contributed by atoms with Crippen molar-refractivity contribution in [2.24, 2.45) is 0 Å². The molecule has 5 nitrogen and oxygen atoms in total. The second-order valence-corrected chi connectivity index (χ2v) is 5.43. The lowest BCUT2D eigenvalue weighted by Crippen LogP contribution is -2.43. The molecule has 1 aromatic carbocycles. The number of nitrogen functional groups attached to an aromatic ring is 1. The molecule has 0 aliphatic rings. The molecule has 1 aromatic rings. The lowest BCUT2D eigenvalue weighted by Gasteiger charge is -2.22. The van der Waals surface area contributed by atoms with E-state index >= 15 is 0 Å². The molecule has 0 heterocycles. The molecule has 0 aromatic heterocycles. The second-order valence-electron chi connectivity index (χ2n) is 4.56. The molecule has 0 aliphatic heterocycles. The zero-order valence-electron chi connectivity index (χ0n) is 11.2. The number of nitrogens with two attached hydrogens (primary N) is 1. The van der Waals surface area contributed by atoms with E-state index in [1.807, 2.05) is 6.26 Å². The molecule has 1 unspecified atom stereocenters. The highest BCUT2D eigenvalue weighted by Gasteiger charge is 2.20. The van der Waals surface area contributed by atoms with Crippen LogP contribution < -0.4 is 15.8 Å². The molecule has 6 heteroatoms. The number of anilines is 1. The lowest BCUT2D eigenvalue weighted by molar-refractivity contribution is -0.124. The fourth-order valence-electron chi connectivity index (χ4n) is 1.41. The van der Waals surface area contributed by atoms with Crippen molar-refractivity contribution < 1.29 is 14.6 Å². The molecular weight excluding hydrogens is 264 g/mol. The Kier molecular flexibility index (Phi) is 5.98. The van der Waals surface area contributed by atoms with Gasteiger partial charge < -0.3 is 20.9 Å². The highest BCUT2D eigenvalue weighted by Crippen LogP contribution is 2.13. The van der Waals surface area contributed by atoms with E-state index in [-0.39, 0.29) is 19.1 Å². The number of ether oxygens (including phenoxy) is 1. The van der Waals surface area contributed by atoms with Crippen LogP contribution in [-0.4, -0.2) is 41.8 Å². The Hall–Kier alpha value is -1.40. The van der Waals surface area contributed by atoms with Crippen LogP contribution in [0.2, 0.25) is 0 Å². The topological polar surface area (TPSA) is 84.6 Å². The van der Waals surface area contributed by atoms with Gasteiger partial charge in [0.15, 0.2) is 6.61 Å². The van der Waals surface area contributed by atoms with Gasteiger partial charge in [-0.15, -0.1) is 0 Å². The predicted molar refractivity (Wildman–Crippen MR) is 78.4 cm³/mol. The Labute approximate surface area is 117 Å². The van der Waals surface area contributed by atoms with E-state index in [4.69, 9.17) is 10.5 Å². The number of hydrogen-bond donors (Lipinski definition) is 3. The van der Waals surface area contributed by atoms with Gasteiger partial charge in [-0.2, -0.15) is 11.8 Å². The van der Waals surface area contributed by atoms with Gasteiger partial charge in [0, 0.05) is 18.0 Å². The summed E-state index contributed by atoms with van der Waals surface area (Å²) < 4.78 is 5.29. The Balaban J connectivity index is 2.30. The predicted octanol–water partition coefficient (Wildman–Crippen LogP) is 0.878. The molecule has 106 valence electrons. The molecule has 4 N–H and O–H groups in total. The number of aliphatic hydroxyl groups is 1. The lowest BCUT2D eigenvalue weighted by atomic mass is 10.1. The van der Waals surface area contributed by atoms with Gasteiger partial charge in [0.1, 0.15) is 5.75 Å². The van der Waals surface area contributed by atoms with Gasteiger partial charge in [-0.1, -0.05) is 0 Å². The number of hydrogen-bond acceptors (Lipinski definition) is 5.